The maximum atomic E-state index is 5.39. The molecule has 1 rings (SSSR count). The maximum absolute atomic E-state index is 5.39. The molecule has 0 radical (unpaired) electrons. The lowest BCUT2D eigenvalue weighted by molar-refractivity contribution is 0.365. The molecule has 2 N–H and O–H groups in total. The second-order valence-corrected chi connectivity index (χ2v) is 6.75. The van der Waals surface area contributed by atoms with Crippen molar-refractivity contribution in [3.63, 3.8) is 0 Å². The molecule has 134 valence electrons. The van der Waals surface area contributed by atoms with Crippen molar-refractivity contribution in [2.75, 3.05) is 13.6 Å². The summed E-state index contributed by atoms with van der Waals surface area (Å²) in [5, 5.41) is 10.9. The number of nitrogens with zero attached hydrogens (tertiary/aromatic N) is 2. The highest BCUT2D eigenvalue weighted by molar-refractivity contribution is 14.0. The minimum absolute atomic E-state index is 0. The van der Waals surface area contributed by atoms with E-state index in [0.29, 0.717) is 12.0 Å². The number of aryl methyl sites for hydroxylation is 2. The topological polar surface area (TPSA) is 62.5 Å². The standard InChI is InChI=1S/C17H32N4O.HI/c1-7-14-13(15(8-2)22-21-14)12-20-16(18-6)19-11-9-10-17(3,4)5;/h7-12H2,1-6H3,(H2,18,19,20);1H. The highest BCUT2D eigenvalue weighted by Gasteiger charge is 2.13. The molecule has 5 nitrogen and oxygen atoms in total. The number of aliphatic imine (C=N–C) groups is 1. The molecular weight excluding hydrogens is 403 g/mol. The number of guanidine groups is 1. The summed E-state index contributed by atoms with van der Waals surface area (Å²) in [6.07, 6.45) is 4.08. The molecule has 6 heteroatoms. The first-order valence-electron chi connectivity index (χ1n) is 8.32. The lowest BCUT2D eigenvalue weighted by Crippen LogP contribution is -2.37. The number of hydrogen-bond acceptors (Lipinski definition) is 3. The van der Waals surface area contributed by atoms with Gasteiger partial charge in [-0.1, -0.05) is 39.8 Å². The molecule has 0 aromatic carbocycles. The van der Waals surface area contributed by atoms with Crippen molar-refractivity contribution >= 4 is 29.9 Å². The van der Waals surface area contributed by atoms with Gasteiger partial charge < -0.3 is 15.2 Å². The van der Waals surface area contributed by atoms with E-state index in [1.54, 1.807) is 7.05 Å². The average molecular weight is 436 g/mol. The van der Waals surface area contributed by atoms with E-state index in [9.17, 15) is 0 Å². The number of nitrogens with one attached hydrogen (secondary N) is 2. The van der Waals surface area contributed by atoms with Gasteiger partial charge in [0.25, 0.3) is 0 Å². The Bertz CT molecular complexity index is 456. The molecule has 0 unspecified atom stereocenters. The second kappa shape index (κ2) is 10.9. The molecule has 0 spiro atoms. The lowest BCUT2D eigenvalue weighted by Gasteiger charge is -2.18. The Morgan fingerprint density at radius 2 is 1.87 bits per heavy atom. The number of hydrogen-bond donors (Lipinski definition) is 2. The van der Waals surface area contributed by atoms with Gasteiger partial charge in [-0.15, -0.1) is 24.0 Å². The fraction of sp³-hybridized carbons (Fsp3) is 0.765. The summed E-state index contributed by atoms with van der Waals surface area (Å²) in [5.41, 5.74) is 2.59. The number of aromatic nitrogens is 1. The van der Waals surface area contributed by atoms with Gasteiger partial charge in [0.2, 0.25) is 0 Å². The van der Waals surface area contributed by atoms with Crippen molar-refractivity contribution in [3.8, 4) is 0 Å². The van der Waals surface area contributed by atoms with Crippen LogP contribution in [0.4, 0.5) is 0 Å². The molecular formula is C17H33IN4O. The summed E-state index contributed by atoms with van der Waals surface area (Å²) in [7, 11) is 1.80. The van der Waals surface area contributed by atoms with Gasteiger partial charge in [-0.05, 0) is 24.7 Å². The molecule has 23 heavy (non-hydrogen) atoms. The molecule has 0 aliphatic rings. The average Bonchev–Trinajstić information content (AvgIpc) is 2.87. The van der Waals surface area contributed by atoms with Crippen molar-refractivity contribution in [3.05, 3.63) is 17.0 Å². The Kier molecular flexibility index (Phi) is 10.5. The minimum Gasteiger partial charge on any atom is -0.361 e. The van der Waals surface area contributed by atoms with Gasteiger partial charge in [0.1, 0.15) is 5.76 Å². The first kappa shape index (κ1) is 22.2. The van der Waals surface area contributed by atoms with Crippen LogP contribution in [0.2, 0.25) is 0 Å². The number of halogens is 1. The third kappa shape index (κ3) is 8.04. The molecule has 0 saturated heterocycles. The third-order valence-corrected chi connectivity index (χ3v) is 3.66. The van der Waals surface area contributed by atoms with Crippen molar-refractivity contribution in [2.24, 2.45) is 10.4 Å². The summed E-state index contributed by atoms with van der Waals surface area (Å²) in [6.45, 7) is 12.6. The molecule has 0 amide bonds. The number of rotatable bonds is 7. The van der Waals surface area contributed by atoms with Gasteiger partial charge in [-0.25, -0.2) is 0 Å². The maximum Gasteiger partial charge on any atom is 0.191 e. The van der Waals surface area contributed by atoms with Gasteiger partial charge in [-0.3, -0.25) is 4.99 Å². The zero-order valence-electron chi connectivity index (χ0n) is 15.5. The van der Waals surface area contributed by atoms with Crippen molar-refractivity contribution in [1.82, 2.24) is 15.8 Å². The van der Waals surface area contributed by atoms with E-state index in [-0.39, 0.29) is 24.0 Å². The molecule has 0 fully saturated rings. The summed E-state index contributed by atoms with van der Waals surface area (Å²) in [6, 6.07) is 0. The Morgan fingerprint density at radius 3 is 2.39 bits per heavy atom. The molecule has 1 heterocycles. The summed E-state index contributed by atoms with van der Waals surface area (Å²) < 4.78 is 5.39. The first-order valence-corrected chi connectivity index (χ1v) is 8.32. The van der Waals surface area contributed by atoms with E-state index in [1.165, 1.54) is 12.0 Å². The normalized spacial score (nSPS) is 12.0. The molecule has 0 aliphatic carbocycles. The molecule has 1 aromatic heterocycles. The van der Waals surface area contributed by atoms with Crippen molar-refractivity contribution in [2.45, 2.75) is 66.8 Å². The van der Waals surface area contributed by atoms with E-state index in [0.717, 1.165) is 43.2 Å². The van der Waals surface area contributed by atoms with E-state index >= 15 is 0 Å². The zero-order chi connectivity index (χ0) is 16.6. The van der Waals surface area contributed by atoms with Crippen LogP contribution >= 0.6 is 24.0 Å². The van der Waals surface area contributed by atoms with E-state index in [2.05, 4.69) is 55.4 Å². The zero-order valence-corrected chi connectivity index (χ0v) is 17.8. The first-order chi connectivity index (χ1) is 10.4. The van der Waals surface area contributed by atoms with E-state index in [1.807, 2.05) is 0 Å². The van der Waals surface area contributed by atoms with Crippen LogP contribution in [0.5, 0.6) is 0 Å². The minimum atomic E-state index is 0. The molecule has 0 saturated carbocycles. The molecule has 0 bridgehead atoms. The Morgan fingerprint density at radius 1 is 1.17 bits per heavy atom. The van der Waals surface area contributed by atoms with Crippen LogP contribution in [-0.2, 0) is 19.4 Å². The van der Waals surface area contributed by atoms with Crippen LogP contribution in [0.15, 0.2) is 9.52 Å². The third-order valence-electron chi connectivity index (χ3n) is 3.66. The van der Waals surface area contributed by atoms with Crippen LogP contribution in [0.3, 0.4) is 0 Å². The molecule has 1 aromatic rings. The Balaban J connectivity index is 0.00000484. The van der Waals surface area contributed by atoms with Crippen molar-refractivity contribution < 1.29 is 4.52 Å². The summed E-state index contributed by atoms with van der Waals surface area (Å²) in [4.78, 5) is 4.28. The fourth-order valence-electron chi connectivity index (χ4n) is 2.36. The second-order valence-electron chi connectivity index (χ2n) is 6.75. The summed E-state index contributed by atoms with van der Waals surface area (Å²) in [5.74, 6) is 1.80. The fourth-order valence-corrected chi connectivity index (χ4v) is 2.36. The van der Waals surface area contributed by atoms with E-state index in [4.69, 9.17) is 4.52 Å². The Labute approximate surface area is 158 Å². The lowest BCUT2D eigenvalue weighted by atomic mass is 9.91. The summed E-state index contributed by atoms with van der Waals surface area (Å²) >= 11 is 0. The van der Waals surface area contributed by atoms with Crippen LogP contribution in [-0.4, -0.2) is 24.7 Å². The highest BCUT2D eigenvalue weighted by atomic mass is 127. The van der Waals surface area contributed by atoms with Crippen LogP contribution < -0.4 is 10.6 Å². The highest BCUT2D eigenvalue weighted by Crippen LogP contribution is 2.19. The van der Waals surface area contributed by atoms with E-state index < -0.39 is 0 Å². The van der Waals surface area contributed by atoms with Gasteiger partial charge in [0.05, 0.1) is 5.69 Å². The largest absolute Gasteiger partial charge is 0.361 e. The SMILES string of the molecule is CCc1noc(CC)c1CNC(=NC)NCCCC(C)(C)C.I. The quantitative estimate of drug-likeness (QED) is 0.295. The van der Waals surface area contributed by atoms with Gasteiger partial charge in [0, 0.05) is 32.1 Å². The smallest absolute Gasteiger partial charge is 0.191 e. The van der Waals surface area contributed by atoms with Crippen LogP contribution in [0, 0.1) is 5.41 Å². The van der Waals surface area contributed by atoms with Crippen molar-refractivity contribution in [1.29, 1.82) is 0 Å². The van der Waals surface area contributed by atoms with Gasteiger partial charge >= 0.3 is 0 Å². The van der Waals surface area contributed by atoms with Crippen LogP contribution in [0.25, 0.3) is 0 Å². The predicted molar refractivity (Wildman–Crippen MR) is 108 cm³/mol. The van der Waals surface area contributed by atoms with Gasteiger partial charge in [0.15, 0.2) is 5.96 Å². The Hall–Kier alpha value is -0.790. The monoisotopic (exact) mass is 436 g/mol. The molecule has 0 aliphatic heterocycles. The van der Waals surface area contributed by atoms with Gasteiger partial charge in [-0.2, -0.15) is 0 Å². The van der Waals surface area contributed by atoms with Crippen LogP contribution in [0.1, 0.15) is 64.5 Å². The molecule has 0 atom stereocenters. The predicted octanol–water partition coefficient (Wildman–Crippen LogP) is 3.91.